The Morgan fingerprint density at radius 3 is 2.88 bits per heavy atom. The van der Waals surface area contributed by atoms with Crippen molar-refractivity contribution >= 4 is 5.91 Å². The van der Waals surface area contributed by atoms with Gasteiger partial charge in [-0.05, 0) is 38.5 Å². The molecule has 17 heavy (non-hydrogen) atoms. The van der Waals surface area contributed by atoms with E-state index >= 15 is 0 Å². The van der Waals surface area contributed by atoms with Crippen LogP contribution in [-0.2, 0) is 9.53 Å². The molecule has 1 saturated carbocycles. The van der Waals surface area contributed by atoms with Gasteiger partial charge < -0.3 is 10.1 Å². The summed E-state index contributed by atoms with van der Waals surface area (Å²) in [7, 11) is 0. The third-order valence-electron chi connectivity index (χ3n) is 3.72. The normalized spacial score (nSPS) is 33.0. The van der Waals surface area contributed by atoms with Gasteiger partial charge in [-0.25, -0.2) is 0 Å². The second kappa shape index (κ2) is 6.02. The van der Waals surface area contributed by atoms with Crippen LogP contribution in [-0.4, -0.2) is 24.7 Å². The molecule has 3 atom stereocenters. The summed E-state index contributed by atoms with van der Waals surface area (Å²) in [4.78, 5) is 11.8. The zero-order valence-corrected chi connectivity index (χ0v) is 10.2. The molecule has 2 fully saturated rings. The molecule has 0 spiro atoms. The predicted molar refractivity (Wildman–Crippen MR) is 63.1 cm³/mol. The van der Waals surface area contributed by atoms with E-state index in [1.165, 1.54) is 0 Å². The van der Waals surface area contributed by atoms with Gasteiger partial charge in [0.05, 0.1) is 24.5 Å². The van der Waals surface area contributed by atoms with Gasteiger partial charge >= 0.3 is 0 Å². The first-order valence-electron chi connectivity index (χ1n) is 6.60. The number of hydrogen-bond acceptors (Lipinski definition) is 3. The molecule has 0 bridgehead atoms. The fourth-order valence-corrected chi connectivity index (χ4v) is 2.73. The molecule has 1 aliphatic carbocycles. The van der Waals surface area contributed by atoms with E-state index in [-0.39, 0.29) is 24.0 Å². The fraction of sp³-hybridized carbons (Fsp3) is 0.846. The lowest BCUT2D eigenvalue weighted by Crippen LogP contribution is -2.39. The van der Waals surface area contributed by atoms with E-state index in [0.29, 0.717) is 6.42 Å². The smallest absolute Gasteiger partial charge is 0.222 e. The number of amides is 1. The third kappa shape index (κ3) is 3.44. The molecule has 1 heterocycles. The van der Waals surface area contributed by atoms with E-state index in [1.807, 2.05) is 0 Å². The first-order valence-corrected chi connectivity index (χ1v) is 6.60. The second-order valence-corrected chi connectivity index (χ2v) is 5.03. The Morgan fingerprint density at radius 2 is 2.18 bits per heavy atom. The van der Waals surface area contributed by atoms with Crippen LogP contribution in [0.4, 0.5) is 0 Å². The number of rotatable bonds is 3. The standard InChI is InChI=1S/C13H20N2O2/c14-9-10-4-3-6-12(10)15-13(16)8-11-5-1-2-7-17-11/h10-12H,1-8H2,(H,15,16). The molecule has 2 aliphatic rings. The van der Waals surface area contributed by atoms with Crippen LogP contribution in [0, 0.1) is 17.2 Å². The lowest BCUT2D eigenvalue weighted by Gasteiger charge is -2.23. The minimum Gasteiger partial charge on any atom is -0.378 e. The Kier molecular flexibility index (Phi) is 4.38. The van der Waals surface area contributed by atoms with Crippen LogP contribution in [0.15, 0.2) is 0 Å². The Bertz CT molecular complexity index is 305. The maximum Gasteiger partial charge on any atom is 0.222 e. The summed E-state index contributed by atoms with van der Waals surface area (Å²) in [5, 5.41) is 11.9. The monoisotopic (exact) mass is 236 g/mol. The van der Waals surface area contributed by atoms with Crippen molar-refractivity contribution in [3.05, 3.63) is 0 Å². The first kappa shape index (κ1) is 12.4. The summed E-state index contributed by atoms with van der Waals surface area (Å²) in [6.45, 7) is 0.780. The van der Waals surface area contributed by atoms with Crippen molar-refractivity contribution in [1.29, 1.82) is 5.26 Å². The number of ether oxygens (including phenoxy) is 1. The molecule has 1 saturated heterocycles. The van der Waals surface area contributed by atoms with Crippen LogP contribution < -0.4 is 5.32 Å². The molecule has 0 aromatic rings. The number of carbonyl (C=O) groups is 1. The summed E-state index contributed by atoms with van der Waals surface area (Å²) in [5.74, 6) is 0.0512. The number of nitriles is 1. The van der Waals surface area contributed by atoms with E-state index in [0.717, 1.165) is 45.1 Å². The number of carbonyl (C=O) groups excluding carboxylic acids is 1. The van der Waals surface area contributed by atoms with Gasteiger partial charge in [-0.15, -0.1) is 0 Å². The van der Waals surface area contributed by atoms with Crippen molar-refractivity contribution < 1.29 is 9.53 Å². The summed E-state index contributed by atoms with van der Waals surface area (Å²) in [6.07, 6.45) is 6.69. The van der Waals surface area contributed by atoms with Gasteiger partial charge in [-0.1, -0.05) is 0 Å². The molecule has 4 heteroatoms. The molecule has 1 N–H and O–H groups in total. The van der Waals surface area contributed by atoms with Crippen molar-refractivity contribution in [2.45, 2.75) is 57.1 Å². The molecular formula is C13H20N2O2. The number of nitrogens with zero attached hydrogens (tertiary/aromatic N) is 1. The van der Waals surface area contributed by atoms with E-state index in [2.05, 4.69) is 11.4 Å². The van der Waals surface area contributed by atoms with E-state index in [4.69, 9.17) is 10.00 Å². The highest BCUT2D eigenvalue weighted by molar-refractivity contribution is 5.76. The summed E-state index contributed by atoms with van der Waals surface area (Å²) < 4.78 is 5.54. The van der Waals surface area contributed by atoms with Gasteiger partial charge in [-0.3, -0.25) is 4.79 Å². The van der Waals surface area contributed by atoms with Gasteiger partial charge in [0.1, 0.15) is 0 Å². The Balaban J connectivity index is 1.75. The van der Waals surface area contributed by atoms with Crippen molar-refractivity contribution in [2.24, 2.45) is 5.92 Å². The van der Waals surface area contributed by atoms with Crippen LogP contribution in [0.1, 0.15) is 44.9 Å². The van der Waals surface area contributed by atoms with Crippen LogP contribution in [0.3, 0.4) is 0 Å². The summed E-state index contributed by atoms with van der Waals surface area (Å²) in [5.41, 5.74) is 0. The largest absolute Gasteiger partial charge is 0.378 e. The maximum atomic E-state index is 11.8. The average molecular weight is 236 g/mol. The van der Waals surface area contributed by atoms with Crippen LogP contribution in [0.5, 0.6) is 0 Å². The highest BCUT2D eigenvalue weighted by atomic mass is 16.5. The van der Waals surface area contributed by atoms with Crippen molar-refractivity contribution in [1.82, 2.24) is 5.32 Å². The topological polar surface area (TPSA) is 62.1 Å². The lowest BCUT2D eigenvalue weighted by molar-refractivity contribution is -0.125. The molecule has 0 aromatic carbocycles. The zero-order valence-electron chi connectivity index (χ0n) is 10.2. The van der Waals surface area contributed by atoms with Crippen molar-refractivity contribution in [2.75, 3.05) is 6.61 Å². The third-order valence-corrected chi connectivity index (χ3v) is 3.72. The van der Waals surface area contributed by atoms with Crippen molar-refractivity contribution in [3.63, 3.8) is 0 Å². The van der Waals surface area contributed by atoms with Gasteiger partial charge in [0.15, 0.2) is 0 Å². The SMILES string of the molecule is N#CC1CCCC1NC(=O)CC1CCCCO1. The highest BCUT2D eigenvalue weighted by Crippen LogP contribution is 2.25. The molecule has 0 aromatic heterocycles. The summed E-state index contributed by atoms with van der Waals surface area (Å²) in [6, 6.07) is 2.34. The predicted octanol–water partition coefficient (Wildman–Crippen LogP) is 1.75. The van der Waals surface area contributed by atoms with Gasteiger partial charge in [0, 0.05) is 12.6 Å². The van der Waals surface area contributed by atoms with Gasteiger partial charge in [-0.2, -0.15) is 5.26 Å². The van der Waals surface area contributed by atoms with E-state index < -0.39 is 0 Å². The number of hydrogen-bond donors (Lipinski definition) is 1. The molecule has 4 nitrogen and oxygen atoms in total. The summed E-state index contributed by atoms with van der Waals surface area (Å²) >= 11 is 0. The minimum atomic E-state index is 0.00576. The molecule has 94 valence electrons. The van der Waals surface area contributed by atoms with Crippen LogP contribution >= 0.6 is 0 Å². The Hall–Kier alpha value is -1.08. The van der Waals surface area contributed by atoms with E-state index in [1.54, 1.807) is 0 Å². The molecule has 3 unspecified atom stereocenters. The maximum absolute atomic E-state index is 11.8. The Morgan fingerprint density at radius 1 is 1.29 bits per heavy atom. The number of nitrogens with one attached hydrogen (secondary N) is 1. The lowest BCUT2D eigenvalue weighted by atomic mass is 10.0. The first-order chi connectivity index (χ1) is 8.29. The highest BCUT2D eigenvalue weighted by Gasteiger charge is 2.29. The molecular weight excluding hydrogens is 216 g/mol. The molecule has 1 amide bonds. The van der Waals surface area contributed by atoms with Gasteiger partial charge in [0.25, 0.3) is 0 Å². The minimum absolute atomic E-state index is 0.00576. The quantitative estimate of drug-likeness (QED) is 0.812. The molecule has 0 radical (unpaired) electrons. The van der Waals surface area contributed by atoms with Gasteiger partial charge in [0.2, 0.25) is 5.91 Å². The second-order valence-electron chi connectivity index (χ2n) is 5.03. The van der Waals surface area contributed by atoms with E-state index in [9.17, 15) is 4.79 Å². The zero-order chi connectivity index (χ0) is 12.1. The molecule has 1 aliphatic heterocycles. The molecule has 2 rings (SSSR count). The average Bonchev–Trinajstić information content (AvgIpc) is 2.77. The van der Waals surface area contributed by atoms with Crippen LogP contribution in [0.25, 0.3) is 0 Å². The van der Waals surface area contributed by atoms with Crippen molar-refractivity contribution in [3.8, 4) is 6.07 Å². The van der Waals surface area contributed by atoms with Crippen LogP contribution in [0.2, 0.25) is 0 Å². The fourth-order valence-electron chi connectivity index (χ4n) is 2.73. The Labute approximate surface area is 102 Å².